The van der Waals surface area contributed by atoms with Gasteiger partial charge in [-0.1, -0.05) is 23.7 Å². The normalized spacial score (nSPS) is 12.4. The van der Waals surface area contributed by atoms with Crippen LogP contribution in [0.3, 0.4) is 0 Å². The summed E-state index contributed by atoms with van der Waals surface area (Å²) < 4.78 is 16.4. The van der Waals surface area contributed by atoms with Gasteiger partial charge in [0.25, 0.3) is 0 Å². The van der Waals surface area contributed by atoms with Crippen LogP contribution in [-0.2, 0) is 20.7 Å². The van der Waals surface area contributed by atoms with Crippen LogP contribution in [0.2, 0.25) is 5.02 Å². The highest BCUT2D eigenvalue weighted by Crippen LogP contribution is 2.20. The van der Waals surface area contributed by atoms with Gasteiger partial charge in [0, 0.05) is 17.5 Å². The van der Waals surface area contributed by atoms with E-state index < -0.39 is 22.9 Å². The second-order valence-electron chi connectivity index (χ2n) is 5.21. The molecular formula is C19H18ClNO4S. The summed E-state index contributed by atoms with van der Waals surface area (Å²) in [6.07, 6.45) is 2.88. The number of carbonyl (C=O) groups excluding carboxylic acids is 2. The van der Waals surface area contributed by atoms with E-state index in [2.05, 4.69) is 5.32 Å². The lowest BCUT2D eigenvalue weighted by Crippen LogP contribution is -2.18. The topological polar surface area (TPSA) is 78.5 Å². The second kappa shape index (κ2) is 9.43. The highest BCUT2D eigenvalue weighted by Gasteiger charge is 2.23. The zero-order valence-corrected chi connectivity index (χ0v) is 15.9. The quantitative estimate of drug-likeness (QED) is 0.194. The van der Waals surface area contributed by atoms with Gasteiger partial charge in [-0.25, -0.2) is 4.79 Å². The molecule has 0 saturated heterocycles. The Kier molecular flexibility index (Phi) is 7.26. The van der Waals surface area contributed by atoms with E-state index in [1.165, 1.54) is 6.20 Å². The summed E-state index contributed by atoms with van der Waals surface area (Å²) in [5.41, 5.74) is 0.683. The first kappa shape index (κ1) is 20.0. The number of carbonyl (C=O) groups is 2. The highest BCUT2D eigenvalue weighted by molar-refractivity contribution is 7.90. The predicted octanol–water partition coefficient (Wildman–Crippen LogP) is 3.82. The van der Waals surface area contributed by atoms with Crippen molar-refractivity contribution in [2.45, 2.75) is 11.8 Å². The Balaban J connectivity index is 2.29. The molecule has 0 amide bonds. The summed E-state index contributed by atoms with van der Waals surface area (Å²) in [7, 11) is 0. The van der Waals surface area contributed by atoms with Crippen LogP contribution in [0.5, 0.6) is 0 Å². The maximum atomic E-state index is 12.7. The number of halogens is 1. The molecule has 2 rings (SSSR count). The van der Waals surface area contributed by atoms with E-state index in [9.17, 15) is 14.1 Å². The number of rotatable bonds is 7. The smallest absolute Gasteiger partial charge is 0.343 e. The molecule has 0 heterocycles. The van der Waals surface area contributed by atoms with E-state index in [4.69, 9.17) is 16.3 Å². The van der Waals surface area contributed by atoms with E-state index in [1.807, 2.05) is 0 Å². The van der Waals surface area contributed by atoms with Crippen molar-refractivity contribution < 1.29 is 18.9 Å². The SMILES string of the molecule is CCOC(=O)/C(=C/Nc1ccc([S+](C)[O-])cc1)C(=O)c1ccccc1Cl. The van der Waals surface area contributed by atoms with Gasteiger partial charge in [0.15, 0.2) is 4.90 Å². The van der Waals surface area contributed by atoms with E-state index in [1.54, 1.807) is 61.7 Å². The van der Waals surface area contributed by atoms with Crippen molar-refractivity contribution in [2.75, 3.05) is 18.2 Å². The van der Waals surface area contributed by atoms with Crippen molar-refractivity contribution in [3.8, 4) is 0 Å². The van der Waals surface area contributed by atoms with Crippen molar-refractivity contribution >= 4 is 40.2 Å². The Morgan fingerprint density at radius 2 is 1.85 bits per heavy atom. The van der Waals surface area contributed by atoms with Gasteiger partial charge < -0.3 is 14.6 Å². The number of esters is 1. The molecule has 0 bridgehead atoms. The van der Waals surface area contributed by atoms with Crippen molar-refractivity contribution in [3.63, 3.8) is 0 Å². The maximum Gasteiger partial charge on any atom is 0.343 e. The predicted molar refractivity (Wildman–Crippen MR) is 103 cm³/mol. The second-order valence-corrected chi connectivity index (χ2v) is 7.00. The van der Waals surface area contributed by atoms with Crippen LogP contribution in [0.25, 0.3) is 0 Å². The molecule has 0 fully saturated rings. The number of nitrogens with one attached hydrogen (secondary N) is 1. The van der Waals surface area contributed by atoms with E-state index in [0.29, 0.717) is 10.6 Å². The Labute approximate surface area is 160 Å². The molecule has 1 N–H and O–H groups in total. The molecule has 0 aromatic heterocycles. The summed E-state index contributed by atoms with van der Waals surface area (Å²) >= 11 is 4.98. The minimum Gasteiger partial charge on any atom is -0.612 e. The Bertz CT molecular complexity index is 819. The van der Waals surface area contributed by atoms with Crippen LogP contribution in [-0.4, -0.2) is 29.2 Å². The molecule has 0 aliphatic carbocycles. The first-order valence-electron chi connectivity index (χ1n) is 7.80. The van der Waals surface area contributed by atoms with Gasteiger partial charge in [0.2, 0.25) is 5.78 Å². The number of ketones is 1. The third kappa shape index (κ3) is 5.11. The molecule has 136 valence electrons. The zero-order valence-electron chi connectivity index (χ0n) is 14.3. The molecular weight excluding hydrogens is 374 g/mol. The van der Waals surface area contributed by atoms with Gasteiger partial charge in [-0.2, -0.15) is 0 Å². The largest absolute Gasteiger partial charge is 0.612 e. The molecule has 1 atom stereocenters. The fourth-order valence-corrected chi connectivity index (χ4v) is 2.86. The third-order valence-electron chi connectivity index (χ3n) is 3.43. The molecule has 0 spiro atoms. The Morgan fingerprint density at radius 1 is 1.19 bits per heavy atom. The van der Waals surface area contributed by atoms with E-state index in [-0.39, 0.29) is 22.8 Å². The fourth-order valence-electron chi connectivity index (χ4n) is 2.11. The molecule has 0 radical (unpaired) electrons. The Morgan fingerprint density at radius 3 is 2.42 bits per heavy atom. The third-order valence-corrected chi connectivity index (χ3v) is 4.69. The summed E-state index contributed by atoms with van der Waals surface area (Å²) in [5, 5.41) is 3.15. The fraction of sp³-hybridized carbons (Fsp3) is 0.158. The zero-order chi connectivity index (χ0) is 19.1. The van der Waals surface area contributed by atoms with Crippen LogP contribution in [0.4, 0.5) is 5.69 Å². The molecule has 2 aromatic rings. The van der Waals surface area contributed by atoms with Crippen molar-refractivity contribution in [3.05, 3.63) is 70.9 Å². The molecule has 0 saturated carbocycles. The van der Waals surface area contributed by atoms with Gasteiger partial charge in [-0.05, 0) is 54.5 Å². The molecule has 0 aliphatic rings. The highest BCUT2D eigenvalue weighted by atomic mass is 35.5. The van der Waals surface area contributed by atoms with Crippen LogP contribution in [0.1, 0.15) is 17.3 Å². The standard InChI is InChI=1S/C19H18ClNO4S/c1-3-25-19(23)16(18(22)15-6-4-5-7-17(15)20)12-21-13-8-10-14(11-9-13)26(2)24/h4-12,21H,3H2,1-2H3/b16-12+. The number of anilines is 1. The van der Waals surface area contributed by atoms with E-state index >= 15 is 0 Å². The lowest BCUT2D eigenvalue weighted by atomic mass is 10.0. The Hall–Kier alpha value is -2.28. The molecule has 26 heavy (non-hydrogen) atoms. The maximum absolute atomic E-state index is 12.7. The first-order chi connectivity index (χ1) is 12.4. The molecule has 2 aromatic carbocycles. The number of ether oxygens (including phenoxy) is 1. The van der Waals surface area contributed by atoms with Gasteiger partial charge in [-0.3, -0.25) is 4.79 Å². The van der Waals surface area contributed by atoms with Crippen LogP contribution in [0, 0.1) is 0 Å². The number of hydrogen-bond acceptors (Lipinski definition) is 5. The van der Waals surface area contributed by atoms with Crippen LogP contribution in [0.15, 0.2) is 65.2 Å². The molecule has 7 heteroatoms. The molecule has 5 nitrogen and oxygen atoms in total. The summed E-state index contributed by atoms with van der Waals surface area (Å²) in [6.45, 7) is 1.80. The average molecular weight is 392 g/mol. The van der Waals surface area contributed by atoms with Gasteiger partial charge in [0.1, 0.15) is 11.8 Å². The summed E-state index contributed by atoms with van der Waals surface area (Å²) in [4.78, 5) is 25.6. The lowest BCUT2D eigenvalue weighted by Gasteiger charge is -2.09. The average Bonchev–Trinajstić information content (AvgIpc) is 2.62. The summed E-state index contributed by atoms with van der Waals surface area (Å²) in [5.74, 6) is -1.27. The molecule has 1 unspecified atom stereocenters. The van der Waals surface area contributed by atoms with E-state index in [0.717, 1.165) is 0 Å². The van der Waals surface area contributed by atoms with Crippen LogP contribution < -0.4 is 5.32 Å². The van der Waals surface area contributed by atoms with Crippen molar-refractivity contribution in [2.24, 2.45) is 0 Å². The van der Waals surface area contributed by atoms with Crippen molar-refractivity contribution in [1.29, 1.82) is 0 Å². The number of hydrogen-bond donors (Lipinski definition) is 1. The minimum absolute atomic E-state index is 0.142. The minimum atomic E-state index is -1.08. The molecule has 0 aliphatic heterocycles. The van der Waals surface area contributed by atoms with Crippen LogP contribution >= 0.6 is 11.6 Å². The van der Waals surface area contributed by atoms with Gasteiger partial charge >= 0.3 is 5.97 Å². The monoisotopic (exact) mass is 391 g/mol. The van der Waals surface area contributed by atoms with Gasteiger partial charge in [-0.15, -0.1) is 0 Å². The van der Waals surface area contributed by atoms with Gasteiger partial charge in [0.05, 0.1) is 11.6 Å². The number of Topliss-reactive ketones (excluding diaryl/α,β-unsaturated/α-hetero) is 1. The first-order valence-corrected chi connectivity index (χ1v) is 9.74. The van der Waals surface area contributed by atoms with Crippen molar-refractivity contribution in [1.82, 2.24) is 0 Å². The number of benzene rings is 2. The lowest BCUT2D eigenvalue weighted by molar-refractivity contribution is -0.138. The summed E-state index contributed by atoms with van der Waals surface area (Å²) in [6, 6.07) is 13.3.